The van der Waals surface area contributed by atoms with Gasteiger partial charge in [0.25, 0.3) is 0 Å². The Morgan fingerprint density at radius 3 is 3.00 bits per heavy atom. The molecule has 0 aromatic heterocycles. The number of nitrogens with one attached hydrogen (secondary N) is 1. The maximum absolute atomic E-state index is 11.1. The summed E-state index contributed by atoms with van der Waals surface area (Å²) in [5.41, 5.74) is 0.754. The molecule has 0 bridgehead atoms. The van der Waals surface area contributed by atoms with Crippen molar-refractivity contribution in [2.24, 2.45) is 4.99 Å². The second-order valence-electron chi connectivity index (χ2n) is 2.37. The summed E-state index contributed by atoms with van der Waals surface area (Å²) in [5.74, 6) is 0. The zero-order chi connectivity index (χ0) is 8.97. The molecule has 0 atom stereocenters. The molecular formula is C8H11N3O. The number of amides is 2. The lowest BCUT2D eigenvalue weighted by Crippen LogP contribution is -2.43. The van der Waals surface area contributed by atoms with Gasteiger partial charge in [-0.05, 0) is 0 Å². The Labute approximate surface area is 71.3 Å². The molecule has 0 aromatic rings. The fraction of sp³-hybridized carbons (Fsp3) is 0.250. The average Bonchev–Trinajstić information content (AvgIpc) is 2.04. The van der Waals surface area contributed by atoms with Crippen molar-refractivity contribution >= 4 is 12.4 Å². The van der Waals surface area contributed by atoms with Crippen LogP contribution < -0.4 is 5.32 Å². The highest BCUT2D eigenvalue weighted by Crippen LogP contribution is 2.08. The molecule has 4 heteroatoms. The Morgan fingerprint density at radius 1 is 1.67 bits per heavy atom. The number of carbonyl (C=O) groups excluding carboxylic acids is 1. The van der Waals surface area contributed by atoms with E-state index in [4.69, 9.17) is 0 Å². The van der Waals surface area contributed by atoms with Gasteiger partial charge in [0.15, 0.2) is 0 Å². The lowest BCUT2D eigenvalue weighted by atomic mass is 10.3. The van der Waals surface area contributed by atoms with E-state index in [1.807, 2.05) is 0 Å². The molecule has 2 amide bonds. The summed E-state index contributed by atoms with van der Waals surface area (Å²) in [6.07, 6.45) is 3.54. The van der Waals surface area contributed by atoms with Crippen molar-refractivity contribution in [1.82, 2.24) is 10.2 Å². The molecule has 1 heterocycles. The first-order valence-electron chi connectivity index (χ1n) is 3.64. The molecule has 4 nitrogen and oxygen atoms in total. The molecule has 1 fully saturated rings. The number of hydrogen-bond donors (Lipinski definition) is 1. The van der Waals surface area contributed by atoms with E-state index in [-0.39, 0.29) is 6.03 Å². The molecule has 1 aliphatic heterocycles. The maximum Gasteiger partial charge on any atom is 0.326 e. The number of carbonyl (C=O) groups is 1. The first kappa shape index (κ1) is 8.52. The van der Waals surface area contributed by atoms with Gasteiger partial charge in [0.2, 0.25) is 0 Å². The van der Waals surface area contributed by atoms with Crippen molar-refractivity contribution in [2.45, 2.75) is 6.42 Å². The van der Waals surface area contributed by atoms with Gasteiger partial charge in [0, 0.05) is 24.9 Å². The molecule has 12 heavy (non-hydrogen) atoms. The number of urea groups is 1. The lowest BCUT2D eigenvalue weighted by Gasteiger charge is -2.25. The number of nitrogens with zero attached hydrogens (tertiary/aromatic N) is 2. The van der Waals surface area contributed by atoms with Crippen LogP contribution in [0.4, 0.5) is 4.79 Å². The average molecular weight is 165 g/mol. The van der Waals surface area contributed by atoms with Crippen molar-refractivity contribution in [2.75, 3.05) is 6.54 Å². The highest BCUT2D eigenvalue weighted by Gasteiger charge is 2.18. The Hall–Kier alpha value is -1.58. The molecule has 1 N–H and O–H groups in total. The molecule has 0 unspecified atom stereocenters. The fourth-order valence-corrected chi connectivity index (χ4v) is 0.911. The third-order valence-electron chi connectivity index (χ3n) is 1.54. The van der Waals surface area contributed by atoms with Crippen LogP contribution in [0.15, 0.2) is 30.0 Å². The number of hydrogen-bond acceptors (Lipinski definition) is 2. The SMILES string of the molecule is C=CN=CN1C(=C)CCNC1=O. The smallest absolute Gasteiger partial charge is 0.326 e. The van der Waals surface area contributed by atoms with Gasteiger partial charge in [-0.15, -0.1) is 0 Å². The normalized spacial score (nSPS) is 18.2. The zero-order valence-corrected chi connectivity index (χ0v) is 6.79. The van der Waals surface area contributed by atoms with E-state index in [1.165, 1.54) is 17.4 Å². The van der Waals surface area contributed by atoms with Crippen LogP contribution in [0.3, 0.4) is 0 Å². The van der Waals surface area contributed by atoms with Crippen molar-refractivity contribution in [3.05, 3.63) is 25.1 Å². The van der Waals surface area contributed by atoms with Gasteiger partial charge in [-0.25, -0.2) is 9.79 Å². The molecule has 0 saturated carbocycles. The monoisotopic (exact) mass is 165 g/mol. The predicted molar refractivity (Wildman–Crippen MR) is 47.7 cm³/mol. The number of aliphatic imine (C=N–C) groups is 1. The van der Waals surface area contributed by atoms with Crippen LogP contribution in [-0.2, 0) is 0 Å². The molecule has 1 saturated heterocycles. The van der Waals surface area contributed by atoms with Crippen LogP contribution in [0.5, 0.6) is 0 Å². The van der Waals surface area contributed by atoms with E-state index >= 15 is 0 Å². The van der Waals surface area contributed by atoms with Gasteiger partial charge in [-0.3, -0.25) is 4.90 Å². The van der Waals surface area contributed by atoms with Crippen LogP contribution in [-0.4, -0.2) is 23.8 Å². The molecular weight excluding hydrogens is 154 g/mol. The lowest BCUT2D eigenvalue weighted by molar-refractivity contribution is 0.223. The topological polar surface area (TPSA) is 44.7 Å². The van der Waals surface area contributed by atoms with Crippen LogP contribution in [0.1, 0.15) is 6.42 Å². The quantitative estimate of drug-likeness (QED) is 0.483. The van der Waals surface area contributed by atoms with Gasteiger partial charge in [-0.1, -0.05) is 13.2 Å². The summed E-state index contributed by atoms with van der Waals surface area (Å²) in [5, 5.41) is 2.67. The van der Waals surface area contributed by atoms with Crippen molar-refractivity contribution in [3.63, 3.8) is 0 Å². The zero-order valence-electron chi connectivity index (χ0n) is 6.79. The molecule has 0 radical (unpaired) electrons. The third-order valence-corrected chi connectivity index (χ3v) is 1.54. The summed E-state index contributed by atoms with van der Waals surface area (Å²) in [4.78, 5) is 16.3. The minimum atomic E-state index is -0.183. The van der Waals surface area contributed by atoms with E-state index in [2.05, 4.69) is 23.5 Å². The minimum Gasteiger partial charge on any atom is -0.337 e. The van der Waals surface area contributed by atoms with E-state index in [9.17, 15) is 4.79 Å². The molecule has 64 valence electrons. The Morgan fingerprint density at radius 2 is 2.42 bits per heavy atom. The Kier molecular flexibility index (Phi) is 2.63. The highest BCUT2D eigenvalue weighted by molar-refractivity contribution is 5.89. The first-order chi connectivity index (χ1) is 5.75. The van der Waals surface area contributed by atoms with E-state index in [1.54, 1.807) is 0 Å². The summed E-state index contributed by atoms with van der Waals surface area (Å²) < 4.78 is 0. The highest BCUT2D eigenvalue weighted by atomic mass is 16.2. The molecule has 0 aromatic carbocycles. The second-order valence-corrected chi connectivity index (χ2v) is 2.37. The minimum absolute atomic E-state index is 0.183. The van der Waals surface area contributed by atoms with Crippen molar-refractivity contribution in [1.29, 1.82) is 0 Å². The molecule has 1 aliphatic rings. The largest absolute Gasteiger partial charge is 0.337 e. The first-order valence-corrected chi connectivity index (χ1v) is 3.64. The fourth-order valence-electron chi connectivity index (χ4n) is 0.911. The van der Waals surface area contributed by atoms with E-state index in [0.29, 0.717) is 6.54 Å². The van der Waals surface area contributed by atoms with Gasteiger partial charge in [0.1, 0.15) is 6.34 Å². The molecule has 0 aliphatic carbocycles. The Balaban J connectivity index is 2.69. The molecule has 0 spiro atoms. The summed E-state index contributed by atoms with van der Waals surface area (Å²) in [7, 11) is 0. The van der Waals surface area contributed by atoms with Crippen LogP contribution in [0.2, 0.25) is 0 Å². The van der Waals surface area contributed by atoms with Crippen LogP contribution in [0, 0.1) is 0 Å². The third kappa shape index (κ3) is 1.72. The van der Waals surface area contributed by atoms with Gasteiger partial charge >= 0.3 is 6.03 Å². The Bertz CT molecular complexity index is 229. The van der Waals surface area contributed by atoms with Crippen LogP contribution in [0.25, 0.3) is 0 Å². The summed E-state index contributed by atoms with van der Waals surface area (Å²) in [6, 6.07) is -0.183. The maximum atomic E-state index is 11.1. The van der Waals surface area contributed by atoms with Crippen molar-refractivity contribution in [3.8, 4) is 0 Å². The molecule has 1 rings (SSSR count). The number of rotatable bonds is 2. The second kappa shape index (κ2) is 3.71. The van der Waals surface area contributed by atoms with Gasteiger partial charge in [0.05, 0.1) is 0 Å². The standard InChI is InChI=1S/C8H11N3O/c1-3-9-6-11-7(2)4-5-10-8(11)12/h3,6H,1-2,4-5H2,(H,10,12). The summed E-state index contributed by atoms with van der Waals surface area (Å²) >= 11 is 0. The van der Waals surface area contributed by atoms with E-state index < -0.39 is 0 Å². The van der Waals surface area contributed by atoms with Crippen molar-refractivity contribution < 1.29 is 4.79 Å². The summed E-state index contributed by atoms with van der Waals surface area (Å²) in [6.45, 7) is 7.80. The van der Waals surface area contributed by atoms with E-state index in [0.717, 1.165) is 12.1 Å². The predicted octanol–water partition coefficient (Wildman–Crippen LogP) is 1.09. The van der Waals surface area contributed by atoms with Crippen LogP contribution >= 0.6 is 0 Å². The van der Waals surface area contributed by atoms with Gasteiger partial charge < -0.3 is 5.32 Å². The van der Waals surface area contributed by atoms with Gasteiger partial charge in [-0.2, -0.15) is 0 Å².